The van der Waals surface area contributed by atoms with Crippen LogP contribution in [0, 0.1) is 17.7 Å². The highest BCUT2D eigenvalue weighted by Crippen LogP contribution is 2.26. The van der Waals surface area contributed by atoms with Crippen molar-refractivity contribution >= 4 is 28.7 Å². The number of hydrogen-bond donors (Lipinski definition) is 2. The summed E-state index contributed by atoms with van der Waals surface area (Å²) in [5.74, 6) is 2.83. The highest BCUT2D eigenvalue weighted by atomic mass is 19.1. The molecule has 1 atom stereocenters. The van der Waals surface area contributed by atoms with Gasteiger partial charge in [0.1, 0.15) is 11.9 Å². The van der Waals surface area contributed by atoms with Gasteiger partial charge in [0.15, 0.2) is 0 Å². The number of halogens is 1. The molecule has 0 aliphatic carbocycles. The van der Waals surface area contributed by atoms with Crippen LogP contribution in [0.1, 0.15) is 51.1 Å². The van der Waals surface area contributed by atoms with Crippen molar-refractivity contribution in [2.75, 3.05) is 13.6 Å². The van der Waals surface area contributed by atoms with Crippen LogP contribution in [-0.2, 0) is 4.79 Å². The third-order valence-corrected chi connectivity index (χ3v) is 6.92. The van der Waals surface area contributed by atoms with E-state index in [0.29, 0.717) is 52.2 Å². The topological polar surface area (TPSA) is 124 Å². The number of piperidine rings is 1. The van der Waals surface area contributed by atoms with E-state index in [1.165, 1.54) is 30.3 Å². The molecule has 2 N–H and O–H groups in total. The number of aromatic nitrogens is 2. The van der Waals surface area contributed by atoms with E-state index in [1.54, 1.807) is 42.6 Å². The summed E-state index contributed by atoms with van der Waals surface area (Å²) in [6.07, 6.45) is 4.89. The lowest BCUT2D eigenvalue weighted by atomic mass is 10.0. The van der Waals surface area contributed by atoms with Gasteiger partial charge in [0, 0.05) is 48.1 Å². The molecule has 0 spiro atoms. The number of carbonyl (C=O) groups is 3. The van der Waals surface area contributed by atoms with E-state index in [4.69, 9.17) is 0 Å². The second-order valence-corrected chi connectivity index (χ2v) is 9.65. The summed E-state index contributed by atoms with van der Waals surface area (Å²) >= 11 is 0. The Labute approximate surface area is 234 Å². The number of benzene rings is 2. The van der Waals surface area contributed by atoms with Crippen LogP contribution < -0.4 is 0 Å². The average Bonchev–Trinajstić information content (AvgIpc) is 2.99. The highest BCUT2D eigenvalue weighted by Gasteiger charge is 2.32. The van der Waals surface area contributed by atoms with E-state index in [-0.39, 0.29) is 16.7 Å². The Morgan fingerprint density at radius 1 is 1.05 bits per heavy atom. The number of carbonyl (C=O) groups excluding carboxylic acids is 2. The molecular formula is C31H25FN4O5. The van der Waals surface area contributed by atoms with Crippen molar-refractivity contribution < 1.29 is 29.1 Å². The number of fused-ring (bicyclic) bond motifs is 1. The molecule has 1 saturated heterocycles. The first kappa shape index (κ1) is 27.4. The number of aliphatic carboxylic acids is 1. The van der Waals surface area contributed by atoms with Gasteiger partial charge in [-0.2, -0.15) is 0 Å². The number of hydrogen-bond acceptors (Lipinski definition) is 6. The summed E-state index contributed by atoms with van der Waals surface area (Å²) in [6.45, 7) is 0.316. The molecule has 41 heavy (non-hydrogen) atoms. The quantitative estimate of drug-likeness (QED) is 0.219. The monoisotopic (exact) mass is 552 g/mol. The van der Waals surface area contributed by atoms with E-state index < -0.39 is 29.6 Å². The summed E-state index contributed by atoms with van der Waals surface area (Å²) in [5, 5.41) is 20.2. The predicted molar refractivity (Wildman–Crippen MR) is 148 cm³/mol. The zero-order valence-electron chi connectivity index (χ0n) is 22.0. The molecule has 1 fully saturated rings. The molecule has 0 bridgehead atoms. The maximum absolute atomic E-state index is 14.9. The summed E-state index contributed by atoms with van der Waals surface area (Å²) in [4.78, 5) is 46.9. The molecule has 2 amide bonds. The van der Waals surface area contributed by atoms with E-state index in [1.807, 2.05) is 0 Å². The summed E-state index contributed by atoms with van der Waals surface area (Å²) < 4.78 is 14.9. The minimum Gasteiger partial charge on any atom is -0.480 e. The lowest BCUT2D eigenvalue weighted by Crippen LogP contribution is -2.48. The molecule has 1 unspecified atom stereocenters. The number of amides is 2. The molecule has 1 aliphatic heterocycles. The second kappa shape index (κ2) is 11.5. The Bertz CT molecular complexity index is 1730. The van der Waals surface area contributed by atoms with E-state index in [0.717, 1.165) is 12.5 Å². The van der Waals surface area contributed by atoms with Crippen LogP contribution in [0.4, 0.5) is 4.39 Å². The zero-order valence-corrected chi connectivity index (χ0v) is 22.0. The smallest absolute Gasteiger partial charge is 0.326 e. The van der Waals surface area contributed by atoms with Crippen LogP contribution >= 0.6 is 0 Å². The van der Waals surface area contributed by atoms with Crippen LogP contribution in [0.3, 0.4) is 0 Å². The van der Waals surface area contributed by atoms with Crippen molar-refractivity contribution in [3.63, 3.8) is 0 Å². The first-order valence-electron chi connectivity index (χ1n) is 12.9. The first-order valence-corrected chi connectivity index (χ1v) is 12.9. The number of nitrogens with zero attached hydrogens (tertiary/aromatic N) is 4. The lowest BCUT2D eigenvalue weighted by Gasteiger charge is -2.33. The Hall–Kier alpha value is -5.14. The highest BCUT2D eigenvalue weighted by molar-refractivity contribution is 6.06. The van der Waals surface area contributed by atoms with Gasteiger partial charge in [-0.05, 0) is 61.7 Å². The normalized spacial score (nSPS) is 14.7. The fraction of sp³-hybridized carbons (Fsp3) is 0.194. The number of carboxylic acid groups (broad SMARTS) is 1. The van der Waals surface area contributed by atoms with E-state index in [9.17, 15) is 29.1 Å². The maximum atomic E-state index is 14.9. The van der Waals surface area contributed by atoms with Crippen molar-refractivity contribution in [3.8, 4) is 23.1 Å². The number of carboxylic acids is 1. The maximum Gasteiger partial charge on any atom is 0.326 e. The SMILES string of the molecule is CN(O)C(=O)c1cc(-c2ccc(C#Cc3ccc(C(=O)N4CCCCC4C(=O)O)cc3F)cc2)nc2ccncc12. The van der Waals surface area contributed by atoms with Gasteiger partial charge in [-0.25, -0.2) is 19.2 Å². The third-order valence-electron chi connectivity index (χ3n) is 6.92. The van der Waals surface area contributed by atoms with Crippen LogP contribution in [0.5, 0.6) is 0 Å². The average molecular weight is 553 g/mol. The van der Waals surface area contributed by atoms with Gasteiger partial charge in [0.25, 0.3) is 11.8 Å². The van der Waals surface area contributed by atoms with Gasteiger partial charge in [0.05, 0.1) is 22.3 Å². The molecule has 5 rings (SSSR count). The second-order valence-electron chi connectivity index (χ2n) is 9.65. The van der Waals surface area contributed by atoms with Crippen molar-refractivity contribution in [1.82, 2.24) is 19.9 Å². The number of rotatable bonds is 4. The Morgan fingerprint density at radius 2 is 1.83 bits per heavy atom. The van der Waals surface area contributed by atoms with Gasteiger partial charge in [-0.3, -0.25) is 19.8 Å². The Morgan fingerprint density at radius 3 is 2.54 bits per heavy atom. The molecular weight excluding hydrogens is 527 g/mol. The van der Waals surface area contributed by atoms with Crippen LogP contribution in [0.25, 0.3) is 22.2 Å². The number of hydroxylamine groups is 2. The summed E-state index contributed by atoms with van der Waals surface area (Å²) in [5.41, 5.74) is 2.79. The minimum absolute atomic E-state index is 0.0782. The fourth-order valence-corrected chi connectivity index (χ4v) is 4.78. The number of pyridine rings is 2. The van der Waals surface area contributed by atoms with Crippen molar-refractivity contribution in [2.24, 2.45) is 0 Å². The molecule has 9 nitrogen and oxygen atoms in total. The minimum atomic E-state index is -1.06. The first-order chi connectivity index (χ1) is 19.7. The Kier molecular flexibility index (Phi) is 7.72. The largest absolute Gasteiger partial charge is 0.480 e. The standard InChI is InChI=1S/C31H25FN4O5/c1-35(41)30(38)23-17-27(34-26-13-14-33-18-24(23)26)21-9-6-19(7-10-21)5-8-20-11-12-22(16-25(20)32)29(37)36-15-3-2-4-28(36)31(39)40/h6-7,9-14,16-18,28,41H,2-4,15H2,1H3,(H,39,40). The molecule has 1 aliphatic rings. The third kappa shape index (κ3) is 5.76. The van der Waals surface area contributed by atoms with Gasteiger partial charge in [0.2, 0.25) is 0 Å². The van der Waals surface area contributed by atoms with Crippen LogP contribution in [0.15, 0.2) is 67.0 Å². The fourth-order valence-electron chi connectivity index (χ4n) is 4.78. The van der Waals surface area contributed by atoms with Crippen molar-refractivity contribution in [1.29, 1.82) is 0 Å². The molecule has 2 aromatic carbocycles. The predicted octanol–water partition coefficient (Wildman–Crippen LogP) is 4.38. The molecule has 4 aromatic rings. The van der Waals surface area contributed by atoms with Gasteiger partial charge in [-0.15, -0.1) is 0 Å². The summed E-state index contributed by atoms with van der Waals surface area (Å²) in [6, 6.07) is 13.3. The zero-order chi connectivity index (χ0) is 29.1. The van der Waals surface area contributed by atoms with Crippen molar-refractivity contribution in [3.05, 3.63) is 95.1 Å². The van der Waals surface area contributed by atoms with Gasteiger partial charge >= 0.3 is 5.97 Å². The molecule has 206 valence electrons. The van der Waals surface area contributed by atoms with E-state index >= 15 is 0 Å². The molecule has 3 heterocycles. The summed E-state index contributed by atoms with van der Waals surface area (Å²) in [7, 11) is 1.25. The molecule has 10 heteroatoms. The molecule has 0 radical (unpaired) electrons. The van der Waals surface area contributed by atoms with Crippen LogP contribution in [0.2, 0.25) is 0 Å². The number of likely N-dealkylation sites (tertiary alicyclic amines) is 1. The van der Waals surface area contributed by atoms with Gasteiger partial charge in [-0.1, -0.05) is 24.0 Å². The molecule has 2 aromatic heterocycles. The molecule has 0 saturated carbocycles. The van der Waals surface area contributed by atoms with Gasteiger partial charge < -0.3 is 10.0 Å². The van der Waals surface area contributed by atoms with Crippen LogP contribution in [-0.4, -0.2) is 67.7 Å². The lowest BCUT2D eigenvalue weighted by molar-refractivity contribution is -0.143. The van der Waals surface area contributed by atoms with Crippen molar-refractivity contribution in [2.45, 2.75) is 25.3 Å². The Balaban J connectivity index is 1.37. The van der Waals surface area contributed by atoms with E-state index in [2.05, 4.69) is 21.8 Å².